The van der Waals surface area contributed by atoms with Gasteiger partial charge < -0.3 is 10.2 Å². The number of aromatic nitrogens is 1. The summed E-state index contributed by atoms with van der Waals surface area (Å²) in [5.74, 6) is 0.604. The van der Waals surface area contributed by atoms with Crippen molar-refractivity contribution in [2.75, 3.05) is 0 Å². The second-order valence-electron chi connectivity index (χ2n) is 3.83. The minimum Gasteiger partial charge on any atom is -0.444 e. The average Bonchev–Trinajstić information content (AvgIpc) is 2.66. The SMILES string of the molecule is CC(N)Cc1coc(-c2ccc(Cl)cc2)n1. The molecule has 0 aliphatic carbocycles. The number of rotatable bonds is 3. The summed E-state index contributed by atoms with van der Waals surface area (Å²) < 4.78 is 5.38. The summed E-state index contributed by atoms with van der Waals surface area (Å²) in [7, 11) is 0. The number of hydrogen-bond acceptors (Lipinski definition) is 3. The van der Waals surface area contributed by atoms with E-state index in [1.807, 2.05) is 31.2 Å². The maximum Gasteiger partial charge on any atom is 0.226 e. The largest absolute Gasteiger partial charge is 0.444 e. The fourth-order valence-corrected chi connectivity index (χ4v) is 1.58. The van der Waals surface area contributed by atoms with Crippen molar-refractivity contribution in [3.05, 3.63) is 41.2 Å². The zero-order chi connectivity index (χ0) is 11.5. The van der Waals surface area contributed by atoms with Gasteiger partial charge in [-0.3, -0.25) is 0 Å². The van der Waals surface area contributed by atoms with Crippen LogP contribution in [0.4, 0.5) is 0 Å². The van der Waals surface area contributed by atoms with Crippen LogP contribution in [-0.4, -0.2) is 11.0 Å². The highest BCUT2D eigenvalue weighted by molar-refractivity contribution is 6.30. The van der Waals surface area contributed by atoms with Crippen LogP contribution >= 0.6 is 11.6 Å². The summed E-state index contributed by atoms with van der Waals surface area (Å²) >= 11 is 5.81. The summed E-state index contributed by atoms with van der Waals surface area (Å²) in [5, 5.41) is 0.700. The normalized spacial score (nSPS) is 12.7. The lowest BCUT2D eigenvalue weighted by atomic mass is 10.2. The Hall–Kier alpha value is -1.32. The maximum atomic E-state index is 5.81. The van der Waals surface area contributed by atoms with Crippen LogP contribution in [0.15, 0.2) is 34.9 Å². The molecule has 0 fully saturated rings. The van der Waals surface area contributed by atoms with Crippen LogP contribution < -0.4 is 5.73 Å². The molecule has 0 bridgehead atoms. The van der Waals surface area contributed by atoms with Gasteiger partial charge in [0.2, 0.25) is 5.89 Å². The lowest BCUT2D eigenvalue weighted by molar-refractivity contribution is 0.571. The predicted molar refractivity (Wildman–Crippen MR) is 64.3 cm³/mol. The van der Waals surface area contributed by atoms with Crippen molar-refractivity contribution in [2.24, 2.45) is 5.73 Å². The molecule has 0 aliphatic rings. The summed E-state index contributed by atoms with van der Waals surface area (Å²) in [6.07, 6.45) is 2.37. The first kappa shape index (κ1) is 11.2. The Bertz CT molecular complexity index is 462. The molecule has 3 nitrogen and oxygen atoms in total. The Kier molecular flexibility index (Phi) is 3.27. The van der Waals surface area contributed by atoms with E-state index < -0.39 is 0 Å². The summed E-state index contributed by atoms with van der Waals surface area (Å²) in [5.41, 5.74) is 7.49. The van der Waals surface area contributed by atoms with Gasteiger partial charge in [0.1, 0.15) is 6.26 Å². The Labute approximate surface area is 99.2 Å². The van der Waals surface area contributed by atoms with Crippen molar-refractivity contribution in [1.82, 2.24) is 4.98 Å². The van der Waals surface area contributed by atoms with E-state index in [-0.39, 0.29) is 6.04 Å². The highest BCUT2D eigenvalue weighted by atomic mass is 35.5. The number of nitrogens with zero attached hydrogens (tertiary/aromatic N) is 1. The average molecular weight is 237 g/mol. The quantitative estimate of drug-likeness (QED) is 0.892. The van der Waals surface area contributed by atoms with Crippen molar-refractivity contribution in [3.63, 3.8) is 0 Å². The van der Waals surface area contributed by atoms with Crippen LogP contribution in [0.1, 0.15) is 12.6 Å². The molecule has 84 valence electrons. The van der Waals surface area contributed by atoms with E-state index in [4.69, 9.17) is 21.8 Å². The molecular weight excluding hydrogens is 224 g/mol. The van der Waals surface area contributed by atoms with Crippen LogP contribution in [0.3, 0.4) is 0 Å². The Morgan fingerprint density at radius 1 is 1.38 bits per heavy atom. The molecule has 2 aromatic rings. The summed E-state index contributed by atoms with van der Waals surface area (Å²) in [4.78, 5) is 4.36. The van der Waals surface area contributed by atoms with Gasteiger partial charge in [-0.15, -0.1) is 0 Å². The van der Waals surface area contributed by atoms with E-state index in [1.165, 1.54) is 0 Å². The van der Waals surface area contributed by atoms with E-state index in [9.17, 15) is 0 Å². The summed E-state index contributed by atoms with van der Waals surface area (Å²) in [6, 6.07) is 7.47. The van der Waals surface area contributed by atoms with Gasteiger partial charge in [0.15, 0.2) is 0 Å². The molecule has 0 radical (unpaired) electrons. The Morgan fingerprint density at radius 2 is 2.06 bits per heavy atom. The van der Waals surface area contributed by atoms with Crippen LogP contribution in [0.25, 0.3) is 11.5 Å². The van der Waals surface area contributed by atoms with Crippen LogP contribution in [-0.2, 0) is 6.42 Å². The molecule has 1 unspecified atom stereocenters. The van der Waals surface area contributed by atoms with Crippen LogP contribution in [0.2, 0.25) is 5.02 Å². The van der Waals surface area contributed by atoms with E-state index in [0.717, 1.165) is 17.7 Å². The Morgan fingerprint density at radius 3 is 2.69 bits per heavy atom. The first-order valence-electron chi connectivity index (χ1n) is 5.11. The predicted octanol–water partition coefficient (Wildman–Crippen LogP) is 2.88. The molecule has 0 amide bonds. The summed E-state index contributed by atoms with van der Waals surface area (Å²) in [6.45, 7) is 1.94. The molecular formula is C12H13ClN2O. The fraction of sp³-hybridized carbons (Fsp3) is 0.250. The van der Waals surface area contributed by atoms with Gasteiger partial charge in [-0.05, 0) is 31.2 Å². The van der Waals surface area contributed by atoms with E-state index in [2.05, 4.69) is 4.98 Å². The smallest absolute Gasteiger partial charge is 0.226 e. The van der Waals surface area contributed by atoms with Gasteiger partial charge in [0.05, 0.1) is 5.69 Å². The second-order valence-corrected chi connectivity index (χ2v) is 4.27. The highest BCUT2D eigenvalue weighted by Gasteiger charge is 2.07. The number of halogens is 1. The first-order chi connectivity index (χ1) is 7.65. The van der Waals surface area contributed by atoms with E-state index in [1.54, 1.807) is 6.26 Å². The van der Waals surface area contributed by atoms with Gasteiger partial charge in [0, 0.05) is 23.0 Å². The molecule has 0 aliphatic heterocycles. The van der Waals surface area contributed by atoms with Crippen molar-refractivity contribution in [2.45, 2.75) is 19.4 Å². The molecule has 0 saturated carbocycles. The monoisotopic (exact) mass is 236 g/mol. The van der Waals surface area contributed by atoms with Crippen LogP contribution in [0, 0.1) is 0 Å². The molecule has 1 aromatic heterocycles. The zero-order valence-corrected chi connectivity index (χ0v) is 9.74. The zero-order valence-electron chi connectivity index (χ0n) is 8.98. The van der Waals surface area contributed by atoms with Gasteiger partial charge >= 0.3 is 0 Å². The van der Waals surface area contributed by atoms with E-state index >= 15 is 0 Å². The van der Waals surface area contributed by atoms with Gasteiger partial charge in [0.25, 0.3) is 0 Å². The molecule has 1 atom stereocenters. The lowest BCUT2D eigenvalue weighted by Crippen LogP contribution is -2.17. The van der Waals surface area contributed by atoms with Gasteiger partial charge in [-0.2, -0.15) is 0 Å². The van der Waals surface area contributed by atoms with Gasteiger partial charge in [-0.1, -0.05) is 11.6 Å². The molecule has 2 rings (SSSR count). The maximum absolute atomic E-state index is 5.81. The second kappa shape index (κ2) is 4.68. The lowest BCUT2D eigenvalue weighted by Gasteiger charge is -1.98. The fourth-order valence-electron chi connectivity index (χ4n) is 1.46. The number of benzene rings is 1. The highest BCUT2D eigenvalue weighted by Crippen LogP contribution is 2.21. The molecule has 0 spiro atoms. The Balaban J connectivity index is 2.21. The van der Waals surface area contributed by atoms with Crippen molar-refractivity contribution >= 4 is 11.6 Å². The molecule has 2 N–H and O–H groups in total. The number of oxazole rings is 1. The number of hydrogen-bond donors (Lipinski definition) is 1. The standard InChI is InChI=1S/C12H13ClN2O/c1-8(14)6-11-7-16-12(15-11)9-2-4-10(13)5-3-9/h2-5,7-8H,6,14H2,1H3. The number of nitrogens with two attached hydrogens (primary N) is 1. The van der Waals surface area contributed by atoms with Crippen molar-refractivity contribution in [3.8, 4) is 11.5 Å². The third-order valence-corrected chi connectivity index (χ3v) is 2.43. The molecule has 4 heteroatoms. The van der Waals surface area contributed by atoms with Crippen molar-refractivity contribution in [1.29, 1.82) is 0 Å². The third-order valence-electron chi connectivity index (χ3n) is 2.17. The topological polar surface area (TPSA) is 52.0 Å². The van der Waals surface area contributed by atoms with Crippen LogP contribution in [0.5, 0.6) is 0 Å². The molecule has 1 heterocycles. The van der Waals surface area contributed by atoms with E-state index in [0.29, 0.717) is 10.9 Å². The van der Waals surface area contributed by atoms with Crippen molar-refractivity contribution < 1.29 is 4.42 Å². The van der Waals surface area contributed by atoms with Gasteiger partial charge in [-0.25, -0.2) is 4.98 Å². The third kappa shape index (κ3) is 2.62. The molecule has 1 aromatic carbocycles. The molecule has 16 heavy (non-hydrogen) atoms. The minimum absolute atomic E-state index is 0.0863. The minimum atomic E-state index is 0.0863. The molecule has 0 saturated heterocycles. The first-order valence-corrected chi connectivity index (χ1v) is 5.49.